The summed E-state index contributed by atoms with van der Waals surface area (Å²) in [5.41, 5.74) is 4.63. The lowest BCUT2D eigenvalue weighted by Gasteiger charge is -2.16. The van der Waals surface area contributed by atoms with Gasteiger partial charge in [0.1, 0.15) is 12.1 Å². The average molecular weight is 241 g/mol. The van der Waals surface area contributed by atoms with E-state index in [0.717, 1.165) is 29.1 Å². The van der Waals surface area contributed by atoms with E-state index in [2.05, 4.69) is 28.3 Å². The van der Waals surface area contributed by atoms with Crippen LogP contribution in [0.5, 0.6) is 5.75 Å². The van der Waals surface area contributed by atoms with Gasteiger partial charge in [-0.2, -0.15) is 0 Å². The molecule has 2 heterocycles. The van der Waals surface area contributed by atoms with Gasteiger partial charge >= 0.3 is 0 Å². The third-order valence-electron chi connectivity index (χ3n) is 3.47. The summed E-state index contributed by atoms with van der Waals surface area (Å²) in [5.74, 6) is 0.916. The number of hydrogen-bond donors (Lipinski definition) is 1. The molecule has 1 aromatic heterocycles. The van der Waals surface area contributed by atoms with E-state index in [9.17, 15) is 0 Å². The highest BCUT2D eigenvalue weighted by molar-refractivity contribution is 5.46. The van der Waals surface area contributed by atoms with Crippen LogP contribution in [0.1, 0.15) is 28.4 Å². The van der Waals surface area contributed by atoms with Crippen LogP contribution in [-0.4, -0.2) is 17.1 Å². The van der Waals surface area contributed by atoms with Crippen molar-refractivity contribution in [2.45, 2.75) is 19.5 Å². The molecule has 1 aromatic carbocycles. The fourth-order valence-electron chi connectivity index (χ4n) is 2.51. The van der Waals surface area contributed by atoms with Gasteiger partial charge in [0.25, 0.3) is 0 Å². The highest BCUT2D eigenvalue weighted by atomic mass is 16.5. The van der Waals surface area contributed by atoms with E-state index in [-0.39, 0.29) is 6.04 Å². The molecule has 0 fully saturated rings. The van der Waals surface area contributed by atoms with Gasteiger partial charge in [-0.05, 0) is 24.1 Å². The van der Waals surface area contributed by atoms with E-state index in [4.69, 9.17) is 4.74 Å². The van der Waals surface area contributed by atoms with Crippen molar-refractivity contribution in [1.82, 2.24) is 15.3 Å². The van der Waals surface area contributed by atoms with Crippen molar-refractivity contribution in [3.8, 4) is 5.75 Å². The molecular formula is C14H15N3O. The molecule has 2 aromatic rings. The topological polar surface area (TPSA) is 47.0 Å². The van der Waals surface area contributed by atoms with Crippen molar-refractivity contribution in [2.24, 2.45) is 0 Å². The lowest BCUT2D eigenvalue weighted by Crippen LogP contribution is -2.14. The Morgan fingerprint density at radius 3 is 3.06 bits per heavy atom. The second-order valence-electron chi connectivity index (χ2n) is 4.41. The number of nitrogens with one attached hydrogen (secondary N) is 1. The Balaban J connectivity index is 2.08. The lowest BCUT2D eigenvalue weighted by atomic mass is 9.97. The monoisotopic (exact) mass is 241 g/mol. The third-order valence-corrected chi connectivity index (χ3v) is 3.47. The zero-order valence-electron chi connectivity index (χ0n) is 10.5. The minimum atomic E-state index is 0.163. The van der Waals surface area contributed by atoms with Gasteiger partial charge in [-0.25, -0.2) is 9.97 Å². The Bertz CT molecular complexity index is 583. The molecule has 1 aliphatic heterocycles. The molecule has 0 saturated carbocycles. The first-order valence-electron chi connectivity index (χ1n) is 5.97. The average Bonchev–Trinajstić information content (AvgIpc) is 2.83. The van der Waals surface area contributed by atoms with Crippen LogP contribution < -0.4 is 10.1 Å². The van der Waals surface area contributed by atoms with Gasteiger partial charge in [-0.15, -0.1) is 0 Å². The first-order chi connectivity index (χ1) is 8.81. The molecule has 1 aliphatic rings. The molecule has 1 atom stereocenters. The van der Waals surface area contributed by atoms with E-state index in [1.807, 2.05) is 18.3 Å². The van der Waals surface area contributed by atoms with Gasteiger partial charge in [0, 0.05) is 18.3 Å². The number of aromatic nitrogens is 2. The summed E-state index contributed by atoms with van der Waals surface area (Å²) in [6.45, 7) is 2.87. The number of hydrogen-bond acceptors (Lipinski definition) is 4. The van der Waals surface area contributed by atoms with Crippen molar-refractivity contribution in [1.29, 1.82) is 0 Å². The maximum absolute atomic E-state index is 5.37. The third kappa shape index (κ3) is 1.66. The van der Waals surface area contributed by atoms with Crippen LogP contribution >= 0.6 is 0 Å². The molecule has 0 aliphatic carbocycles. The van der Waals surface area contributed by atoms with Gasteiger partial charge in [0.2, 0.25) is 0 Å². The number of methoxy groups -OCH3 is 1. The second-order valence-corrected chi connectivity index (χ2v) is 4.41. The van der Waals surface area contributed by atoms with Crippen LogP contribution in [0.15, 0.2) is 30.7 Å². The lowest BCUT2D eigenvalue weighted by molar-refractivity contribution is 0.410. The van der Waals surface area contributed by atoms with Crippen molar-refractivity contribution in [3.63, 3.8) is 0 Å². The number of benzene rings is 1. The van der Waals surface area contributed by atoms with Crippen LogP contribution in [0, 0.1) is 6.92 Å². The van der Waals surface area contributed by atoms with E-state index in [1.54, 1.807) is 13.4 Å². The number of nitrogens with zero attached hydrogens (tertiary/aromatic N) is 2. The van der Waals surface area contributed by atoms with E-state index in [1.165, 1.54) is 5.56 Å². The van der Waals surface area contributed by atoms with Crippen molar-refractivity contribution >= 4 is 0 Å². The minimum Gasteiger partial charge on any atom is -0.496 e. The quantitative estimate of drug-likeness (QED) is 0.873. The normalized spacial score (nSPS) is 17.6. The van der Waals surface area contributed by atoms with Crippen molar-refractivity contribution in [2.75, 3.05) is 7.11 Å². The van der Waals surface area contributed by atoms with Gasteiger partial charge in [-0.3, -0.25) is 0 Å². The van der Waals surface area contributed by atoms with Crippen LogP contribution in [0.2, 0.25) is 0 Å². The van der Waals surface area contributed by atoms with Gasteiger partial charge < -0.3 is 10.1 Å². The Kier molecular flexibility index (Phi) is 2.72. The van der Waals surface area contributed by atoms with Crippen molar-refractivity contribution in [3.05, 3.63) is 53.1 Å². The first kappa shape index (κ1) is 11.2. The predicted molar refractivity (Wildman–Crippen MR) is 68.4 cm³/mol. The molecule has 0 unspecified atom stereocenters. The maximum Gasteiger partial charge on any atom is 0.122 e. The molecule has 92 valence electrons. The highest BCUT2D eigenvalue weighted by Crippen LogP contribution is 2.33. The summed E-state index contributed by atoms with van der Waals surface area (Å²) in [6.07, 6.45) is 3.49. The molecule has 1 N–H and O–H groups in total. The summed E-state index contributed by atoms with van der Waals surface area (Å²) in [7, 11) is 1.70. The van der Waals surface area contributed by atoms with Gasteiger partial charge in [0.15, 0.2) is 0 Å². The van der Waals surface area contributed by atoms with Crippen LogP contribution in [-0.2, 0) is 6.54 Å². The standard InChI is InChI=1S/C14H15N3O/c1-9-10(4-3-5-13(9)18-2)14-11-6-15-8-17-12(11)7-16-14/h3-6,8,14,16H,7H2,1-2H3/t14-/m1/s1. The fourth-order valence-corrected chi connectivity index (χ4v) is 2.51. The largest absolute Gasteiger partial charge is 0.496 e. The number of fused-ring (bicyclic) bond motifs is 1. The summed E-state index contributed by atoms with van der Waals surface area (Å²) in [6, 6.07) is 6.29. The minimum absolute atomic E-state index is 0.163. The van der Waals surface area contributed by atoms with Crippen LogP contribution in [0.4, 0.5) is 0 Å². The zero-order valence-corrected chi connectivity index (χ0v) is 10.5. The summed E-state index contributed by atoms with van der Waals surface area (Å²) < 4.78 is 5.37. The molecule has 4 heteroatoms. The predicted octanol–water partition coefficient (Wildman–Crippen LogP) is 1.99. The molecule has 0 radical (unpaired) electrons. The van der Waals surface area contributed by atoms with E-state index < -0.39 is 0 Å². The van der Waals surface area contributed by atoms with Crippen LogP contribution in [0.25, 0.3) is 0 Å². The summed E-state index contributed by atoms with van der Waals surface area (Å²) in [4.78, 5) is 8.42. The second kappa shape index (κ2) is 4.38. The number of ether oxygens (including phenoxy) is 1. The summed E-state index contributed by atoms with van der Waals surface area (Å²) in [5, 5.41) is 3.47. The first-order valence-corrected chi connectivity index (χ1v) is 5.97. The van der Waals surface area contributed by atoms with Crippen molar-refractivity contribution < 1.29 is 4.74 Å². The Morgan fingerprint density at radius 2 is 2.22 bits per heavy atom. The highest BCUT2D eigenvalue weighted by Gasteiger charge is 2.26. The van der Waals surface area contributed by atoms with E-state index >= 15 is 0 Å². The molecule has 0 bridgehead atoms. The number of rotatable bonds is 2. The molecule has 0 saturated heterocycles. The van der Waals surface area contributed by atoms with Gasteiger partial charge in [-0.1, -0.05) is 12.1 Å². The Labute approximate surface area is 106 Å². The Morgan fingerprint density at radius 1 is 1.33 bits per heavy atom. The smallest absolute Gasteiger partial charge is 0.122 e. The molecular weight excluding hydrogens is 226 g/mol. The molecule has 18 heavy (non-hydrogen) atoms. The zero-order chi connectivity index (χ0) is 12.5. The molecule has 3 rings (SSSR count). The Hall–Kier alpha value is -1.94. The molecule has 0 spiro atoms. The van der Waals surface area contributed by atoms with E-state index in [0.29, 0.717) is 0 Å². The molecule has 4 nitrogen and oxygen atoms in total. The fraction of sp³-hybridized carbons (Fsp3) is 0.286. The summed E-state index contributed by atoms with van der Waals surface area (Å²) >= 11 is 0. The van der Waals surface area contributed by atoms with Gasteiger partial charge in [0.05, 0.1) is 18.8 Å². The SMILES string of the molecule is COc1cccc([C@H]2NCc3ncncc32)c1C. The molecule has 0 amide bonds. The van der Waals surface area contributed by atoms with Crippen LogP contribution in [0.3, 0.4) is 0 Å². The maximum atomic E-state index is 5.37.